The van der Waals surface area contributed by atoms with E-state index >= 15 is 0 Å². The van der Waals surface area contributed by atoms with Crippen molar-refractivity contribution in [2.45, 2.75) is 6.92 Å². The first-order valence-corrected chi connectivity index (χ1v) is 6.90. The van der Waals surface area contributed by atoms with Crippen LogP contribution >= 0.6 is 22.6 Å². The van der Waals surface area contributed by atoms with Crippen LogP contribution in [0.3, 0.4) is 0 Å². The quantitative estimate of drug-likeness (QED) is 0.787. The highest BCUT2D eigenvalue weighted by Gasteiger charge is 2.11. The van der Waals surface area contributed by atoms with E-state index in [0.29, 0.717) is 20.4 Å². The van der Waals surface area contributed by atoms with Crippen LogP contribution in [-0.4, -0.2) is 11.0 Å². The van der Waals surface area contributed by atoms with Gasteiger partial charge in [-0.1, -0.05) is 12.1 Å². The van der Waals surface area contributed by atoms with Gasteiger partial charge in [-0.25, -0.2) is 0 Å². The number of rotatable bonds is 2. The van der Waals surface area contributed by atoms with Crippen LogP contribution in [0, 0.1) is 21.8 Å². The van der Waals surface area contributed by atoms with E-state index in [1.54, 1.807) is 24.3 Å². The molecule has 0 heterocycles. The van der Waals surface area contributed by atoms with Crippen LogP contribution in [0.1, 0.15) is 21.5 Å². The Labute approximate surface area is 130 Å². The lowest BCUT2D eigenvalue weighted by atomic mass is 10.1. The van der Waals surface area contributed by atoms with E-state index in [0.717, 1.165) is 5.56 Å². The summed E-state index contributed by atoms with van der Waals surface area (Å²) >= 11 is 1.98. The number of benzene rings is 2. The highest BCUT2D eigenvalue weighted by molar-refractivity contribution is 14.1. The van der Waals surface area contributed by atoms with E-state index in [4.69, 9.17) is 5.26 Å². The van der Waals surface area contributed by atoms with Crippen molar-refractivity contribution in [3.63, 3.8) is 0 Å². The first-order valence-electron chi connectivity index (χ1n) is 5.82. The highest BCUT2D eigenvalue weighted by Crippen LogP contribution is 2.23. The summed E-state index contributed by atoms with van der Waals surface area (Å²) in [6, 6.07) is 12.0. The van der Waals surface area contributed by atoms with Crippen molar-refractivity contribution in [1.82, 2.24) is 0 Å². The van der Waals surface area contributed by atoms with E-state index in [1.165, 1.54) is 6.07 Å². The Morgan fingerprint density at radius 1 is 1.35 bits per heavy atom. The molecule has 0 aromatic heterocycles. The zero-order chi connectivity index (χ0) is 14.7. The first-order chi connectivity index (χ1) is 9.52. The smallest absolute Gasteiger partial charge is 0.255 e. The third-order valence-corrected chi connectivity index (χ3v) is 3.75. The van der Waals surface area contributed by atoms with Gasteiger partial charge in [0.15, 0.2) is 0 Å². The van der Waals surface area contributed by atoms with Crippen molar-refractivity contribution < 1.29 is 9.90 Å². The molecule has 5 heteroatoms. The van der Waals surface area contributed by atoms with Crippen LogP contribution < -0.4 is 5.32 Å². The monoisotopic (exact) mass is 378 g/mol. The van der Waals surface area contributed by atoms with E-state index in [2.05, 4.69) is 11.4 Å². The summed E-state index contributed by atoms with van der Waals surface area (Å²) in [5.41, 5.74) is 2.05. The number of amides is 1. The molecule has 0 saturated carbocycles. The fourth-order valence-electron chi connectivity index (χ4n) is 1.77. The van der Waals surface area contributed by atoms with Crippen LogP contribution in [0.5, 0.6) is 5.75 Å². The van der Waals surface area contributed by atoms with Crippen molar-refractivity contribution in [3.8, 4) is 11.8 Å². The van der Waals surface area contributed by atoms with Crippen molar-refractivity contribution in [2.24, 2.45) is 0 Å². The molecule has 4 nitrogen and oxygen atoms in total. The van der Waals surface area contributed by atoms with Gasteiger partial charge in [-0.05, 0) is 59.3 Å². The number of aromatic hydroxyl groups is 1. The van der Waals surface area contributed by atoms with Crippen LogP contribution in [-0.2, 0) is 0 Å². The summed E-state index contributed by atoms with van der Waals surface area (Å²) in [5.74, 6) is -0.304. The summed E-state index contributed by atoms with van der Waals surface area (Å²) in [6.45, 7) is 1.81. The van der Waals surface area contributed by atoms with Crippen molar-refractivity contribution in [3.05, 3.63) is 56.7 Å². The van der Waals surface area contributed by atoms with Crippen LogP contribution in [0.15, 0.2) is 36.4 Å². The Balaban J connectivity index is 2.31. The molecule has 2 rings (SSSR count). The molecule has 0 unspecified atom stereocenters. The maximum Gasteiger partial charge on any atom is 0.255 e. The second-order valence-electron chi connectivity index (χ2n) is 4.23. The molecule has 0 saturated heterocycles. The molecule has 0 aliphatic rings. The Morgan fingerprint density at radius 3 is 2.75 bits per heavy atom. The molecule has 2 aromatic rings. The number of carbonyl (C=O) groups is 1. The molecule has 2 N–H and O–H groups in total. The van der Waals surface area contributed by atoms with Crippen molar-refractivity contribution in [1.29, 1.82) is 5.26 Å². The van der Waals surface area contributed by atoms with Crippen LogP contribution in [0.2, 0.25) is 0 Å². The Kier molecular flexibility index (Phi) is 4.25. The summed E-state index contributed by atoms with van der Waals surface area (Å²) in [7, 11) is 0. The molecule has 0 aliphatic carbocycles. The number of hydrogen-bond donors (Lipinski definition) is 2. The molecule has 20 heavy (non-hydrogen) atoms. The fraction of sp³-hybridized carbons (Fsp3) is 0.0667. The van der Waals surface area contributed by atoms with Gasteiger partial charge in [0.2, 0.25) is 0 Å². The summed E-state index contributed by atoms with van der Waals surface area (Å²) in [4.78, 5) is 12.1. The summed E-state index contributed by atoms with van der Waals surface area (Å²) in [5, 5.41) is 21.4. The normalized spacial score (nSPS) is 9.85. The summed E-state index contributed by atoms with van der Waals surface area (Å²) < 4.78 is 0.674. The van der Waals surface area contributed by atoms with E-state index in [9.17, 15) is 9.90 Å². The predicted octanol–water partition coefficient (Wildman–Crippen LogP) is 3.43. The molecule has 0 aliphatic heterocycles. The molecule has 0 bridgehead atoms. The minimum absolute atomic E-state index is 0.0583. The predicted molar refractivity (Wildman–Crippen MR) is 84.7 cm³/mol. The molecule has 0 atom stereocenters. The Morgan fingerprint density at radius 2 is 2.10 bits per heavy atom. The number of nitrogens with zero attached hydrogens (tertiary/aromatic N) is 1. The zero-order valence-electron chi connectivity index (χ0n) is 10.6. The van der Waals surface area contributed by atoms with Gasteiger partial charge in [-0.2, -0.15) is 5.26 Å². The first kappa shape index (κ1) is 14.3. The zero-order valence-corrected chi connectivity index (χ0v) is 12.8. The van der Waals surface area contributed by atoms with Gasteiger partial charge in [0.05, 0.1) is 14.8 Å². The molecule has 0 fully saturated rings. The molecule has 0 spiro atoms. The summed E-state index contributed by atoms with van der Waals surface area (Å²) in [6.07, 6.45) is 0. The van der Waals surface area contributed by atoms with E-state index in [1.807, 2.05) is 35.6 Å². The lowest BCUT2D eigenvalue weighted by Gasteiger charge is -2.09. The van der Waals surface area contributed by atoms with Crippen molar-refractivity contribution >= 4 is 34.2 Å². The average molecular weight is 378 g/mol. The fourth-order valence-corrected chi connectivity index (χ4v) is 2.10. The molecule has 2 aromatic carbocycles. The van der Waals surface area contributed by atoms with Gasteiger partial charge in [0, 0.05) is 5.56 Å². The second-order valence-corrected chi connectivity index (χ2v) is 5.39. The lowest BCUT2D eigenvalue weighted by Crippen LogP contribution is -2.13. The molecular formula is C15H11IN2O2. The highest BCUT2D eigenvalue weighted by atomic mass is 127. The number of phenols is 1. The number of hydrogen-bond acceptors (Lipinski definition) is 3. The lowest BCUT2D eigenvalue weighted by molar-refractivity contribution is 0.102. The molecule has 100 valence electrons. The van der Waals surface area contributed by atoms with Gasteiger partial charge in [0.25, 0.3) is 5.91 Å². The van der Waals surface area contributed by atoms with Gasteiger partial charge < -0.3 is 10.4 Å². The molecule has 0 radical (unpaired) electrons. The second kappa shape index (κ2) is 5.92. The number of nitriles is 1. The Bertz CT molecular complexity index is 720. The van der Waals surface area contributed by atoms with Gasteiger partial charge >= 0.3 is 0 Å². The number of halogens is 1. The van der Waals surface area contributed by atoms with Crippen LogP contribution in [0.25, 0.3) is 0 Å². The third-order valence-electron chi connectivity index (χ3n) is 2.84. The number of anilines is 1. The number of aryl methyl sites for hydroxylation is 1. The SMILES string of the molecule is Cc1cccc(NC(=O)c2ccc(I)c(O)c2)c1C#N. The average Bonchev–Trinajstić information content (AvgIpc) is 2.42. The topological polar surface area (TPSA) is 73.1 Å². The molecular weight excluding hydrogens is 367 g/mol. The standard InChI is InChI=1S/C15H11IN2O2/c1-9-3-2-4-13(11(9)8-17)18-15(20)10-5-6-12(16)14(19)7-10/h2-7,19H,1H3,(H,18,20). The number of carbonyl (C=O) groups excluding carboxylic acids is 1. The van der Waals surface area contributed by atoms with E-state index < -0.39 is 0 Å². The largest absolute Gasteiger partial charge is 0.507 e. The van der Waals surface area contributed by atoms with Crippen LogP contribution in [0.4, 0.5) is 5.69 Å². The minimum atomic E-state index is -0.362. The maximum absolute atomic E-state index is 12.1. The van der Waals surface area contributed by atoms with E-state index in [-0.39, 0.29) is 11.7 Å². The maximum atomic E-state index is 12.1. The van der Waals surface area contributed by atoms with Gasteiger partial charge in [-0.15, -0.1) is 0 Å². The van der Waals surface area contributed by atoms with Gasteiger partial charge in [-0.3, -0.25) is 4.79 Å². The number of phenolic OH excluding ortho intramolecular Hbond substituents is 1. The Hall–Kier alpha value is -2.07. The minimum Gasteiger partial charge on any atom is -0.507 e. The van der Waals surface area contributed by atoms with Gasteiger partial charge in [0.1, 0.15) is 11.8 Å². The molecule has 1 amide bonds. The third kappa shape index (κ3) is 2.91. The van der Waals surface area contributed by atoms with Crippen molar-refractivity contribution in [2.75, 3.05) is 5.32 Å². The number of nitrogens with one attached hydrogen (secondary N) is 1.